The summed E-state index contributed by atoms with van der Waals surface area (Å²) >= 11 is 0. The van der Waals surface area contributed by atoms with Crippen LogP contribution in [0.3, 0.4) is 0 Å². The lowest BCUT2D eigenvalue weighted by atomic mass is 10.0. The van der Waals surface area contributed by atoms with Gasteiger partial charge in [0.1, 0.15) is 12.1 Å². The molecule has 0 aliphatic rings. The maximum atomic E-state index is 12.6. The van der Waals surface area contributed by atoms with Gasteiger partial charge in [0, 0.05) is 13.0 Å². The normalized spacial score (nSPS) is 14.4. The number of phosphoric ester groups is 1. The highest BCUT2D eigenvalue weighted by Gasteiger charge is 2.27. The van der Waals surface area contributed by atoms with Crippen molar-refractivity contribution >= 4 is 19.8 Å². The van der Waals surface area contributed by atoms with Gasteiger partial charge in [0.2, 0.25) is 0 Å². The van der Waals surface area contributed by atoms with Crippen molar-refractivity contribution in [1.82, 2.24) is 0 Å². The van der Waals surface area contributed by atoms with E-state index in [-0.39, 0.29) is 13.0 Å². The van der Waals surface area contributed by atoms with Gasteiger partial charge in [-0.05, 0) is 44.9 Å². The van der Waals surface area contributed by atoms with E-state index < -0.39 is 45.1 Å². The molecule has 0 rings (SSSR count). The van der Waals surface area contributed by atoms with Gasteiger partial charge >= 0.3 is 19.8 Å². The highest BCUT2D eigenvalue weighted by atomic mass is 31.2. The zero-order valence-corrected chi connectivity index (χ0v) is 33.1. The minimum Gasteiger partial charge on any atom is -0.480 e. The predicted molar refractivity (Wildman–Crippen MR) is 208 cm³/mol. The molecule has 0 amide bonds. The molecule has 0 heterocycles. The number of carboxylic acids is 1. The maximum absolute atomic E-state index is 12.6. The molecular formula is C40H74NO9P. The van der Waals surface area contributed by atoms with Crippen molar-refractivity contribution in [3.63, 3.8) is 0 Å². The van der Waals surface area contributed by atoms with E-state index in [4.69, 9.17) is 29.4 Å². The van der Waals surface area contributed by atoms with Gasteiger partial charge in [-0.1, -0.05) is 153 Å². The molecule has 10 nitrogen and oxygen atoms in total. The van der Waals surface area contributed by atoms with Crippen molar-refractivity contribution in [3.05, 3.63) is 36.5 Å². The van der Waals surface area contributed by atoms with Gasteiger partial charge in [-0.15, -0.1) is 0 Å². The third-order valence-corrected chi connectivity index (χ3v) is 9.38. The monoisotopic (exact) mass is 744 g/mol. The van der Waals surface area contributed by atoms with E-state index in [0.717, 1.165) is 57.8 Å². The van der Waals surface area contributed by atoms with Crippen LogP contribution in [0, 0.1) is 0 Å². The standard InChI is InChI=1S/C40H74NO9P/c1-3-5-7-9-11-13-15-17-18-19-21-23-25-27-29-31-33-47-34-37(35-48-51(45,46)49-36-38(41)40(43)44)50-39(42)32-30-28-26-24-22-20-16-14-12-10-8-6-4-2/h5,7,11,13,17-18,37-38H,3-4,6,8-10,12,14-16,19-36,41H2,1-2H3,(H,43,44)(H,45,46)/b7-5-,13-11-,18-17-. The summed E-state index contributed by atoms with van der Waals surface area (Å²) in [5.74, 6) is -1.78. The molecular weight excluding hydrogens is 669 g/mol. The van der Waals surface area contributed by atoms with E-state index in [1.54, 1.807) is 0 Å². The second kappa shape index (κ2) is 36.5. The van der Waals surface area contributed by atoms with Crippen molar-refractivity contribution in [1.29, 1.82) is 0 Å². The number of allylic oxidation sites excluding steroid dienone is 6. The van der Waals surface area contributed by atoms with E-state index in [1.165, 1.54) is 83.5 Å². The smallest absolute Gasteiger partial charge is 0.472 e. The summed E-state index contributed by atoms with van der Waals surface area (Å²) in [4.78, 5) is 33.4. The Bertz CT molecular complexity index is 956. The summed E-state index contributed by atoms with van der Waals surface area (Å²) in [5, 5.41) is 8.87. The van der Waals surface area contributed by atoms with Crippen molar-refractivity contribution in [2.45, 2.75) is 180 Å². The van der Waals surface area contributed by atoms with Crippen molar-refractivity contribution in [3.8, 4) is 0 Å². The Hall–Kier alpha value is -1.81. The second-order valence-corrected chi connectivity index (χ2v) is 14.8. The quantitative estimate of drug-likeness (QED) is 0.0241. The highest BCUT2D eigenvalue weighted by Crippen LogP contribution is 2.43. The Kier molecular flexibility index (Phi) is 35.2. The van der Waals surface area contributed by atoms with Crippen LogP contribution in [0.25, 0.3) is 0 Å². The second-order valence-electron chi connectivity index (χ2n) is 13.4. The average molecular weight is 744 g/mol. The van der Waals surface area contributed by atoms with Gasteiger partial charge in [-0.25, -0.2) is 4.57 Å². The molecule has 3 atom stereocenters. The summed E-state index contributed by atoms with van der Waals surface area (Å²) in [5.41, 5.74) is 5.34. The van der Waals surface area contributed by atoms with E-state index in [2.05, 4.69) is 50.3 Å². The molecule has 0 aliphatic carbocycles. The lowest BCUT2D eigenvalue weighted by Crippen LogP contribution is -2.34. The number of carboxylic acid groups (broad SMARTS) is 1. The Labute approximate surface area is 310 Å². The number of carbonyl (C=O) groups excluding carboxylic acids is 1. The van der Waals surface area contributed by atoms with Crippen molar-refractivity contribution < 1.29 is 42.7 Å². The Morgan fingerprint density at radius 1 is 0.647 bits per heavy atom. The molecule has 0 aromatic rings. The summed E-state index contributed by atoms with van der Waals surface area (Å²) in [6.45, 7) is 3.73. The maximum Gasteiger partial charge on any atom is 0.472 e. The Morgan fingerprint density at radius 2 is 1.14 bits per heavy atom. The molecule has 0 aromatic carbocycles. The lowest BCUT2D eigenvalue weighted by Gasteiger charge is -2.20. The zero-order valence-electron chi connectivity index (χ0n) is 32.2. The number of esters is 1. The third kappa shape index (κ3) is 36.3. The summed E-state index contributed by atoms with van der Waals surface area (Å²) in [6, 6.07) is -1.47. The summed E-state index contributed by atoms with van der Waals surface area (Å²) in [7, 11) is -4.61. The molecule has 0 spiro atoms. The van der Waals surface area contributed by atoms with Crippen molar-refractivity contribution in [2.75, 3.05) is 26.4 Å². The van der Waals surface area contributed by atoms with Gasteiger partial charge in [0.05, 0.1) is 19.8 Å². The van der Waals surface area contributed by atoms with Gasteiger partial charge in [-0.3, -0.25) is 18.6 Å². The van der Waals surface area contributed by atoms with Crippen LogP contribution in [0.15, 0.2) is 36.5 Å². The third-order valence-electron chi connectivity index (χ3n) is 8.43. The summed E-state index contributed by atoms with van der Waals surface area (Å²) < 4.78 is 33.2. The highest BCUT2D eigenvalue weighted by molar-refractivity contribution is 7.47. The molecule has 0 aliphatic heterocycles. The molecule has 4 N–H and O–H groups in total. The number of aliphatic carboxylic acids is 1. The first-order valence-corrected chi connectivity index (χ1v) is 21.5. The topological polar surface area (TPSA) is 155 Å². The van der Waals surface area contributed by atoms with E-state index in [1.807, 2.05) is 0 Å². The Morgan fingerprint density at radius 3 is 1.71 bits per heavy atom. The number of unbranched alkanes of at least 4 members (excludes halogenated alkanes) is 18. The number of rotatable bonds is 38. The van der Waals surface area contributed by atoms with Crippen LogP contribution in [0.4, 0.5) is 0 Å². The molecule has 3 unspecified atom stereocenters. The molecule has 0 saturated carbocycles. The van der Waals surface area contributed by atoms with Crippen LogP contribution in [-0.4, -0.2) is 60.5 Å². The molecule has 0 saturated heterocycles. The number of hydrogen-bond donors (Lipinski definition) is 3. The van der Waals surface area contributed by atoms with E-state index in [9.17, 15) is 19.0 Å². The first-order chi connectivity index (χ1) is 24.7. The molecule has 11 heteroatoms. The van der Waals surface area contributed by atoms with Crippen LogP contribution in [0.1, 0.15) is 168 Å². The fourth-order valence-corrected chi connectivity index (χ4v) is 6.10. The van der Waals surface area contributed by atoms with Gasteiger partial charge in [0.15, 0.2) is 0 Å². The van der Waals surface area contributed by atoms with Crippen LogP contribution < -0.4 is 5.73 Å². The zero-order chi connectivity index (χ0) is 37.7. The van der Waals surface area contributed by atoms with Gasteiger partial charge in [0.25, 0.3) is 0 Å². The minimum absolute atomic E-state index is 0.00987. The molecule has 0 radical (unpaired) electrons. The fourth-order valence-electron chi connectivity index (χ4n) is 5.32. The van der Waals surface area contributed by atoms with Crippen LogP contribution in [0.2, 0.25) is 0 Å². The van der Waals surface area contributed by atoms with Gasteiger partial charge in [-0.2, -0.15) is 0 Å². The first kappa shape index (κ1) is 49.2. The molecule has 298 valence electrons. The number of ether oxygens (including phenoxy) is 2. The van der Waals surface area contributed by atoms with Gasteiger partial charge < -0.3 is 25.2 Å². The van der Waals surface area contributed by atoms with Crippen molar-refractivity contribution in [2.24, 2.45) is 5.73 Å². The number of carbonyl (C=O) groups is 2. The van der Waals surface area contributed by atoms with E-state index in [0.29, 0.717) is 13.0 Å². The largest absolute Gasteiger partial charge is 0.480 e. The lowest BCUT2D eigenvalue weighted by molar-refractivity contribution is -0.154. The number of hydrogen-bond acceptors (Lipinski definition) is 8. The average Bonchev–Trinajstić information content (AvgIpc) is 3.10. The SMILES string of the molecule is CC/C=C\C/C=C\C/C=C\CCCCCCCCOCC(COP(=O)(O)OCC(N)C(=O)O)OC(=O)CCCCCCCCCCCCCCC. The Balaban J connectivity index is 4.29. The van der Waals surface area contributed by atoms with E-state index >= 15 is 0 Å². The molecule has 0 bridgehead atoms. The minimum atomic E-state index is -4.61. The first-order valence-electron chi connectivity index (χ1n) is 20.0. The fraction of sp³-hybridized carbons (Fsp3) is 0.800. The number of phosphoric acid groups is 1. The summed E-state index contributed by atoms with van der Waals surface area (Å²) in [6.07, 6.45) is 39.1. The van der Waals surface area contributed by atoms with Crippen LogP contribution in [-0.2, 0) is 32.7 Å². The number of nitrogens with two attached hydrogens (primary N) is 1. The van der Waals surface area contributed by atoms with Crippen LogP contribution >= 0.6 is 7.82 Å². The predicted octanol–water partition coefficient (Wildman–Crippen LogP) is 10.5. The molecule has 0 fully saturated rings. The molecule has 51 heavy (non-hydrogen) atoms. The van der Waals surface area contributed by atoms with Crippen LogP contribution in [0.5, 0.6) is 0 Å². The molecule has 0 aromatic heterocycles.